The van der Waals surface area contributed by atoms with Crippen LogP contribution in [0.5, 0.6) is 0 Å². The summed E-state index contributed by atoms with van der Waals surface area (Å²) in [5.74, 6) is 1.83. The van der Waals surface area contributed by atoms with Crippen molar-refractivity contribution < 1.29 is 4.42 Å². The maximum absolute atomic E-state index is 6.73. The normalized spacial score (nSPS) is 11.7. The summed E-state index contributed by atoms with van der Waals surface area (Å²) >= 11 is 1.83. The molecule has 0 aliphatic heterocycles. The minimum Gasteiger partial charge on any atom is -0.456 e. The van der Waals surface area contributed by atoms with Crippen LogP contribution in [0.15, 0.2) is 199 Å². The summed E-state index contributed by atoms with van der Waals surface area (Å²) < 4.78 is 9.27. The van der Waals surface area contributed by atoms with Crippen molar-refractivity contribution in [1.29, 1.82) is 0 Å². The van der Waals surface area contributed by atoms with Crippen molar-refractivity contribution in [2.75, 3.05) is 4.90 Å². The molecule has 0 bridgehead atoms. The van der Waals surface area contributed by atoms with Gasteiger partial charge >= 0.3 is 0 Å². The smallest absolute Gasteiger partial charge is 0.164 e. The van der Waals surface area contributed by atoms with E-state index in [-0.39, 0.29) is 0 Å². The highest BCUT2D eigenvalue weighted by molar-refractivity contribution is 7.25. The molecule has 12 aromatic rings. The minimum absolute atomic E-state index is 0.589. The van der Waals surface area contributed by atoms with Crippen LogP contribution in [0.3, 0.4) is 0 Å². The number of fused-ring (bicyclic) bond motifs is 9. The van der Waals surface area contributed by atoms with Crippen molar-refractivity contribution >= 4 is 92.1 Å². The van der Waals surface area contributed by atoms with E-state index in [1.807, 2.05) is 53.8 Å². The third kappa shape index (κ3) is 5.57. The van der Waals surface area contributed by atoms with E-state index < -0.39 is 0 Å². The van der Waals surface area contributed by atoms with Crippen molar-refractivity contribution in [3.05, 3.63) is 194 Å². The summed E-state index contributed by atoms with van der Waals surface area (Å²) in [5, 5.41) is 9.11. The van der Waals surface area contributed by atoms with Crippen LogP contribution < -0.4 is 4.90 Å². The Kier molecular flexibility index (Phi) is 7.64. The SMILES string of the molecule is c1ccc(-c2nc(-c3cc4ccccc4c4ccccc34)nc(-c3cccc4oc5cc(N(c6ccccc6)c6ccc7c(c6)sc6ccccc67)ccc5c34)n2)cc1. The standard InChI is InChI=1S/C53H32N4OS/c1-3-14-33(15-4-1)51-54-52(56-53(55-51)45-30-34-16-7-8-19-38(34)39-20-9-10-21-40(39)45)44-23-13-24-46-50(44)43-29-27-36(31-47(43)58-46)57(35-17-5-2-6-18-35)37-26-28-42-41-22-11-12-25-48(41)59-49(42)32-37/h1-32H. The topological polar surface area (TPSA) is 55.1 Å². The van der Waals surface area contributed by atoms with Crippen LogP contribution in [0.1, 0.15) is 0 Å². The lowest BCUT2D eigenvalue weighted by Gasteiger charge is -2.25. The number of hydrogen-bond acceptors (Lipinski definition) is 6. The van der Waals surface area contributed by atoms with Crippen molar-refractivity contribution in [2.24, 2.45) is 0 Å². The number of aromatic nitrogens is 3. The van der Waals surface area contributed by atoms with Gasteiger partial charge in [0, 0.05) is 70.8 Å². The molecule has 0 spiro atoms. The Morgan fingerprint density at radius 2 is 1.00 bits per heavy atom. The molecule has 3 aromatic heterocycles. The summed E-state index contributed by atoms with van der Waals surface area (Å²) in [6, 6.07) is 67.9. The van der Waals surface area contributed by atoms with Crippen LogP contribution in [0, 0.1) is 0 Å². The molecule has 5 nitrogen and oxygen atoms in total. The highest BCUT2D eigenvalue weighted by Crippen LogP contribution is 2.44. The van der Waals surface area contributed by atoms with E-state index in [4.69, 9.17) is 19.4 Å². The van der Waals surface area contributed by atoms with Gasteiger partial charge in [0.1, 0.15) is 11.2 Å². The first-order chi connectivity index (χ1) is 29.2. The molecule has 9 aromatic carbocycles. The van der Waals surface area contributed by atoms with Gasteiger partial charge in [-0.15, -0.1) is 11.3 Å². The molecule has 6 heteroatoms. The van der Waals surface area contributed by atoms with E-state index >= 15 is 0 Å². The molecule has 276 valence electrons. The number of rotatable bonds is 6. The van der Waals surface area contributed by atoms with Crippen molar-refractivity contribution in [2.45, 2.75) is 0 Å². The lowest BCUT2D eigenvalue weighted by molar-refractivity contribution is 0.669. The number of nitrogens with zero attached hydrogens (tertiary/aromatic N) is 4. The number of thiophene rings is 1. The quantitative estimate of drug-likeness (QED) is 0.158. The zero-order chi connectivity index (χ0) is 38.9. The van der Waals surface area contributed by atoms with Crippen LogP contribution >= 0.6 is 11.3 Å². The van der Waals surface area contributed by atoms with Crippen LogP contribution in [0.4, 0.5) is 17.1 Å². The van der Waals surface area contributed by atoms with Gasteiger partial charge in [-0.2, -0.15) is 0 Å². The molecule has 0 radical (unpaired) electrons. The van der Waals surface area contributed by atoms with E-state index in [2.05, 4.69) is 157 Å². The number of para-hydroxylation sites is 1. The average Bonchev–Trinajstić information content (AvgIpc) is 3.87. The van der Waals surface area contributed by atoms with E-state index in [0.29, 0.717) is 17.5 Å². The van der Waals surface area contributed by atoms with Crippen LogP contribution in [-0.2, 0) is 0 Å². The van der Waals surface area contributed by atoms with Gasteiger partial charge < -0.3 is 9.32 Å². The van der Waals surface area contributed by atoms with Gasteiger partial charge in [0.25, 0.3) is 0 Å². The first kappa shape index (κ1) is 33.5. The molecule has 0 unspecified atom stereocenters. The fraction of sp³-hybridized carbons (Fsp3) is 0. The highest BCUT2D eigenvalue weighted by Gasteiger charge is 2.21. The molecule has 0 N–H and O–H groups in total. The number of benzene rings is 9. The summed E-state index contributed by atoms with van der Waals surface area (Å²) in [6.45, 7) is 0. The first-order valence-corrected chi connectivity index (χ1v) is 20.5. The molecule has 0 fully saturated rings. The molecule has 12 rings (SSSR count). The average molecular weight is 773 g/mol. The zero-order valence-electron chi connectivity index (χ0n) is 31.6. The van der Waals surface area contributed by atoms with E-state index in [1.165, 1.54) is 25.6 Å². The minimum atomic E-state index is 0.589. The zero-order valence-corrected chi connectivity index (χ0v) is 32.4. The number of anilines is 3. The van der Waals surface area contributed by atoms with Gasteiger partial charge in [-0.25, -0.2) is 15.0 Å². The molecular weight excluding hydrogens is 741 g/mol. The van der Waals surface area contributed by atoms with Crippen molar-refractivity contribution in [3.63, 3.8) is 0 Å². The summed E-state index contributed by atoms with van der Waals surface area (Å²) in [7, 11) is 0. The second kappa shape index (κ2) is 13.5. The molecule has 0 aliphatic carbocycles. The van der Waals surface area contributed by atoms with Gasteiger partial charge in [-0.05, 0) is 76.1 Å². The molecule has 59 heavy (non-hydrogen) atoms. The Balaban J connectivity index is 1.04. The Morgan fingerprint density at radius 3 is 1.83 bits per heavy atom. The molecule has 3 heterocycles. The molecule has 0 saturated heterocycles. The van der Waals surface area contributed by atoms with E-state index in [1.54, 1.807) is 0 Å². The fourth-order valence-corrected chi connectivity index (χ4v) is 9.73. The Labute approximate surface area is 343 Å². The maximum atomic E-state index is 6.73. The molecule has 0 amide bonds. The predicted molar refractivity (Wildman–Crippen MR) is 246 cm³/mol. The monoisotopic (exact) mass is 772 g/mol. The summed E-state index contributed by atoms with van der Waals surface area (Å²) in [4.78, 5) is 17.9. The van der Waals surface area contributed by atoms with E-state index in [0.717, 1.165) is 71.8 Å². The van der Waals surface area contributed by atoms with Crippen molar-refractivity contribution in [1.82, 2.24) is 15.0 Å². The highest BCUT2D eigenvalue weighted by atomic mass is 32.1. The Hall–Kier alpha value is -7.67. The second-order valence-corrected chi connectivity index (χ2v) is 15.9. The third-order valence-corrected chi connectivity index (χ3v) is 12.4. The number of hydrogen-bond donors (Lipinski definition) is 0. The molecule has 0 atom stereocenters. The largest absolute Gasteiger partial charge is 0.456 e. The van der Waals surface area contributed by atoms with Gasteiger partial charge in [0.05, 0.1) is 0 Å². The molecular formula is C53H32N4OS. The Bertz CT molecular complexity index is 3580. The number of furan rings is 1. The van der Waals surface area contributed by atoms with Gasteiger partial charge in [0.2, 0.25) is 0 Å². The molecule has 0 aliphatic rings. The summed E-state index contributed by atoms with van der Waals surface area (Å²) in [5.41, 5.74) is 7.47. The Morgan fingerprint density at radius 1 is 0.373 bits per heavy atom. The second-order valence-electron chi connectivity index (χ2n) is 14.8. The summed E-state index contributed by atoms with van der Waals surface area (Å²) in [6.07, 6.45) is 0. The maximum Gasteiger partial charge on any atom is 0.164 e. The van der Waals surface area contributed by atoms with Gasteiger partial charge in [-0.1, -0.05) is 133 Å². The van der Waals surface area contributed by atoms with E-state index in [9.17, 15) is 0 Å². The lowest BCUT2D eigenvalue weighted by atomic mass is 9.96. The van der Waals surface area contributed by atoms with Crippen LogP contribution in [0.25, 0.3) is 97.8 Å². The van der Waals surface area contributed by atoms with Gasteiger partial charge in [0.15, 0.2) is 17.5 Å². The predicted octanol–water partition coefficient (Wildman–Crippen LogP) is 14.9. The third-order valence-electron chi connectivity index (χ3n) is 11.3. The first-order valence-electron chi connectivity index (χ1n) is 19.7. The van der Waals surface area contributed by atoms with Crippen LogP contribution in [0.2, 0.25) is 0 Å². The molecule has 0 saturated carbocycles. The van der Waals surface area contributed by atoms with Crippen LogP contribution in [-0.4, -0.2) is 15.0 Å². The lowest BCUT2D eigenvalue weighted by Crippen LogP contribution is -2.09. The van der Waals surface area contributed by atoms with Crippen molar-refractivity contribution in [3.8, 4) is 34.2 Å². The van der Waals surface area contributed by atoms with Gasteiger partial charge in [-0.3, -0.25) is 0 Å². The fourth-order valence-electron chi connectivity index (χ4n) is 8.59.